The number of alkyl halides is 3. The summed E-state index contributed by atoms with van der Waals surface area (Å²) in [6, 6.07) is 13.6. The minimum absolute atomic E-state index is 0.0470. The Labute approximate surface area is 146 Å². The van der Waals surface area contributed by atoms with Crippen molar-refractivity contribution in [1.82, 2.24) is 0 Å². The van der Waals surface area contributed by atoms with Gasteiger partial charge in [0.1, 0.15) is 0 Å². The molecule has 0 heterocycles. The van der Waals surface area contributed by atoms with Gasteiger partial charge in [0.05, 0.1) is 0 Å². The number of halogens is 4. The maximum atomic E-state index is 13.0. The van der Waals surface area contributed by atoms with Gasteiger partial charge in [0.15, 0.2) is 0 Å². The predicted molar refractivity (Wildman–Crippen MR) is 84.1 cm³/mol. The fourth-order valence-electron chi connectivity index (χ4n) is 1.98. The van der Waals surface area contributed by atoms with Gasteiger partial charge >= 0.3 is 146 Å². The molecule has 1 nitrogen and oxygen atoms in total. The Morgan fingerprint density at radius 3 is 2.26 bits per heavy atom. The standard InChI is InChI=1S/C10H12.C7H3ClF3N.W/c1-10(2,3)9-7-5-4-6-8-9;8-5-3-1-2-4(6(5)12)7(9,10)11;/h1,4-8H,2-3H3;1-3H;. The number of hydrogen-bond acceptors (Lipinski definition) is 1. The molecular weight excluding hydrogens is 494 g/mol. The molecule has 0 fully saturated rings. The fourth-order valence-corrected chi connectivity index (χ4v) is 5.11. The molecule has 0 unspecified atom stereocenters. The second-order valence-corrected chi connectivity index (χ2v) is 8.20. The van der Waals surface area contributed by atoms with Crippen molar-refractivity contribution in [2.24, 2.45) is 3.50 Å². The van der Waals surface area contributed by atoms with E-state index in [-0.39, 0.29) is 16.1 Å². The van der Waals surface area contributed by atoms with Gasteiger partial charge in [-0.15, -0.1) is 0 Å². The SMILES string of the molecule is CC(C)([CH]=[W]=[N]c1c(Cl)cccc1C(F)(F)F)c1ccccc1. The first-order chi connectivity index (χ1) is 10.7. The van der Waals surface area contributed by atoms with Gasteiger partial charge in [0, 0.05) is 0 Å². The summed E-state index contributed by atoms with van der Waals surface area (Å²) >= 11 is 4.43. The first-order valence-electron chi connectivity index (χ1n) is 6.84. The van der Waals surface area contributed by atoms with Crippen molar-refractivity contribution >= 4 is 21.7 Å². The van der Waals surface area contributed by atoms with Crippen LogP contribution < -0.4 is 0 Å². The Hall–Kier alpha value is -1.12. The zero-order valence-electron chi connectivity index (χ0n) is 12.6. The predicted octanol–water partition coefficient (Wildman–Crippen LogP) is 6.04. The van der Waals surface area contributed by atoms with Gasteiger partial charge in [-0.2, -0.15) is 0 Å². The Morgan fingerprint density at radius 1 is 1.00 bits per heavy atom. The minimum atomic E-state index is -4.45. The summed E-state index contributed by atoms with van der Waals surface area (Å²) in [5.41, 5.74) is -0.0113. The van der Waals surface area contributed by atoms with Crippen molar-refractivity contribution in [2.75, 3.05) is 0 Å². The molecular formula is C17H15ClF3NW. The van der Waals surface area contributed by atoms with E-state index >= 15 is 0 Å². The van der Waals surface area contributed by atoms with E-state index in [2.05, 4.69) is 3.50 Å². The average molecular weight is 510 g/mol. The molecule has 0 aliphatic rings. The average Bonchev–Trinajstić information content (AvgIpc) is 2.48. The second kappa shape index (κ2) is 7.19. The number of rotatable bonds is 3. The third-order valence-corrected chi connectivity index (χ3v) is 7.14. The monoisotopic (exact) mass is 509 g/mol. The Kier molecular flexibility index (Phi) is 5.69. The van der Waals surface area contributed by atoms with Crippen LogP contribution in [-0.4, -0.2) is 4.40 Å². The zero-order valence-corrected chi connectivity index (χ0v) is 16.3. The molecule has 0 saturated heterocycles. The van der Waals surface area contributed by atoms with E-state index < -0.39 is 29.7 Å². The van der Waals surface area contributed by atoms with E-state index in [1.54, 1.807) is 0 Å². The van der Waals surface area contributed by atoms with Gasteiger partial charge in [-0.3, -0.25) is 0 Å². The van der Waals surface area contributed by atoms with Crippen LogP contribution in [0.15, 0.2) is 52.0 Å². The van der Waals surface area contributed by atoms with Gasteiger partial charge < -0.3 is 0 Å². The molecule has 0 atom stereocenters. The van der Waals surface area contributed by atoms with E-state index in [1.165, 1.54) is 12.1 Å². The molecule has 0 amide bonds. The third kappa shape index (κ3) is 4.68. The van der Waals surface area contributed by atoms with Crippen LogP contribution in [0.3, 0.4) is 0 Å². The molecule has 0 N–H and O–H groups in total. The molecule has 23 heavy (non-hydrogen) atoms. The Bertz CT molecular complexity index is 748. The van der Waals surface area contributed by atoms with Gasteiger partial charge in [0.25, 0.3) is 0 Å². The molecule has 122 valence electrons. The number of benzene rings is 2. The van der Waals surface area contributed by atoms with Crippen LogP contribution in [0.5, 0.6) is 0 Å². The molecule has 0 aliphatic heterocycles. The second-order valence-electron chi connectivity index (χ2n) is 5.54. The summed E-state index contributed by atoms with van der Waals surface area (Å²) < 4.78 is 45.4. The Morgan fingerprint density at radius 2 is 1.65 bits per heavy atom. The van der Waals surface area contributed by atoms with Gasteiger partial charge in [0.2, 0.25) is 0 Å². The van der Waals surface area contributed by atoms with Crippen LogP contribution in [0.2, 0.25) is 5.02 Å². The van der Waals surface area contributed by atoms with Crippen molar-refractivity contribution in [3.63, 3.8) is 0 Å². The molecule has 0 bridgehead atoms. The van der Waals surface area contributed by atoms with E-state index in [0.29, 0.717) is 0 Å². The molecule has 2 aromatic carbocycles. The van der Waals surface area contributed by atoms with E-state index in [0.717, 1.165) is 11.6 Å². The van der Waals surface area contributed by atoms with Crippen LogP contribution >= 0.6 is 11.6 Å². The summed E-state index contributed by atoms with van der Waals surface area (Å²) in [5, 5.41) is 0.0470. The maximum absolute atomic E-state index is 13.0. The van der Waals surface area contributed by atoms with Crippen LogP contribution in [0, 0.1) is 0 Å². The number of nitrogens with zero attached hydrogens (tertiary/aromatic N) is 1. The fraction of sp³-hybridized carbons (Fsp3) is 0.235. The summed E-state index contributed by atoms with van der Waals surface area (Å²) in [6.07, 6.45) is -4.45. The molecule has 2 rings (SSSR count). The first-order valence-corrected chi connectivity index (χ1v) is 10.2. The summed E-state index contributed by atoms with van der Waals surface area (Å²) in [6.45, 7) is 4.07. The summed E-state index contributed by atoms with van der Waals surface area (Å²) in [4.78, 5) is 0. The molecule has 2 aromatic rings. The van der Waals surface area contributed by atoms with Crippen LogP contribution in [-0.2, 0) is 29.5 Å². The molecule has 0 aromatic heterocycles. The van der Waals surface area contributed by atoms with Crippen molar-refractivity contribution in [1.29, 1.82) is 0 Å². The van der Waals surface area contributed by atoms with Crippen LogP contribution in [0.1, 0.15) is 25.0 Å². The van der Waals surface area contributed by atoms with Gasteiger partial charge in [-0.05, 0) is 0 Å². The molecule has 0 radical (unpaired) electrons. The van der Waals surface area contributed by atoms with E-state index in [9.17, 15) is 13.2 Å². The normalized spacial score (nSPS) is 11.9. The molecule has 6 heteroatoms. The van der Waals surface area contributed by atoms with Crippen LogP contribution in [0.25, 0.3) is 0 Å². The first kappa shape index (κ1) is 18.2. The van der Waals surface area contributed by atoms with E-state index in [4.69, 9.17) is 11.6 Å². The van der Waals surface area contributed by atoms with Crippen molar-refractivity contribution in [3.8, 4) is 0 Å². The third-order valence-electron chi connectivity index (χ3n) is 3.30. The van der Waals surface area contributed by atoms with Crippen LogP contribution in [0.4, 0.5) is 18.9 Å². The number of hydrogen-bond donors (Lipinski definition) is 0. The summed E-state index contributed by atoms with van der Waals surface area (Å²) in [7, 11) is 0. The summed E-state index contributed by atoms with van der Waals surface area (Å²) in [5.74, 6) is 0. The zero-order chi connectivity index (χ0) is 17.1. The van der Waals surface area contributed by atoms with Gasteiger partial charge in [-0.1, -0.05) is 0 Å². The van der Waals surface area contributed by atoms with Gasteiger partial charge in [-0.25, -0.2) is 0 Å². The molecule has 0 aliphatic carbocycles. The topological polar surface area (TPSA) is 12.4 Å². The van der Waals surface area contributed by atoms with Crippen molar-refractivity contribution < 1.29 is 31.1 Å². The van der Waals surface area contributed by atoms with E-state index in [1.807, 2.05) is 48.6 Å². The van der Waals surface area contributed by atoms with Crippen molar-refractivity contribution in [3.05, 3.63) is 64.7 Å². The molecule has 0 spiro atoms. The Balaban J connectivity index is 2.41. The molecule has 0 saturated carbocycles. The van der Waals surface area contributed by atoms with Crippen molar-refractivity contribution in [2.45, 2.75) is 25.4 Å². The quantitative estimate of drug-likeness (QED) is 0.479.